The molecule has 2 aliphatic rings. The molecule has 1 atom stereocenters. The zero-order valence-corrected chi connectivity index (χ0v) is 12.6. The van der Waals surface area contributed by atoms with Gasteiger partial charge in [0.1, 0.15) is 16.5 Å². The van der Waals surface area contributed by atoms with Gasteiger partial charge in [-0.3, -0.25) is 0 Å². The maximum atomic E-state index is 10.1. The van der Waals surface area contributed by atoms with Crippen LogP contribution in [0, 0.1) is 0 Å². The molecular weight excluding hydrogens is 346 g/mol. The molecule has 7 heteroatoms. The van der Waals surface area contributed by atoms with Crippen LogP contribution < -0.4 is 4.74 Å². The molecule has 0 saturated heterocycles. The highest BCUT2D eigenvalue weighted by Gasteiger charge is 2.44. The summed E-state index contributed by atoms with van der Waals surface area (Å²) in [5.74, 6) is 0.516. The molecule has 1 aromatic rings. The minimum atomic E-state index is -2.12. The third kappa shape index (κ3) is 1.93. The maximum Gasteiger partial charge on any atom is 0.217 e. The molecule has 0 fully saturated rings. The van der Waals surface area contributed by atoms with Crippen LogP contribution in [-0.2, 0) is 0 Å². The lowest BCUT2D eigenvalue weighted by Gasteiger charge is -2.31. The fourth-order valence-electron chi connectivity index (χ4n) is 1.95. The Balaban J connectivity index is 2.26. The molecular formula is C13H6Cl4O3. The normalized spacial score (nSPS) is 24.9. The summed E-state index contributed by atoms with van der Waals surface area (Å²) in [5.41, 5.74) is 1.11. The number of hydrogen-bond acceptors (Lipinski definition) is 3. The van der Waals surface area contributed by atoms with Crippen molar-refractivity contribution in [2.75, 3.05) is 0 Å². The first-order valence-corrected chi connectivity index (χ1v) is 6.94. The van der Waals surface area contributed by atoms with E-state index in [2.05, 4.69) is 0 Å². The zero-order chi connectivity index (χ0) is 14.7. The molecule has 0 bridgehead atoms. The van der Waals surface area contributed by atoms with Gasteiger partial charge < -0.3 is 14.9 Å². The van der Waals surface area contributed by atoms with Crippen LogP contribution in [-0.4, -0.2) is 15.3 Å². The highest BCUT2D eigenvalue weighted by Crippen LogP contribution is 2.51. The van der Waals surface area contributed by atoms with Crippen molar-refractivity contribution >= 4 is 52.5 Å². The Hall–Kier alpha value is -0.840. The molecule has 1 aliphatic carbocycles. The summed E-state index contributed by atoms with van der Waals surface area (Å²) in [7, 11) is 0. The Kier molecular flexibility index (Phi) is 3.23. The lowest BCUT2D eigenvalue weighted by molar-refractivity contribution is 0.212. The number of benzene rings is 1. The summed E-state index contributed by atoms with van der Waals surface area (Å²) < 4.78 is 5.58. The third-order valence-electron chi connectivity index (χ3n) is 2.96. The van der Waals surface area contributed by atoms with Crippen LogP contribution in [0.15, 0.2) is 44.6 Å². The number of aromatic hydroxyl groups is 1. The Morgan fingerprint density at radius 2 is 1.80 bits per heavy atom. The van der Waals surface area contributed by atoms with Gasteiger partial charge in [-0.1, -0.05) is 46.4 Å². The van der Waals surface area contributed by atoms with E-state index < -0.39 is 5.06 Å². The fourth-order valence-corrected chi connectivity index (χ4v) is 2.94. The molecule has 0 aromatic heterocycles. The van der Waals surface area contributed by atoms with Crippen molar-refractivity contribution in [2.45, 2.75) is 5.06 Å². The predicted molar refractivity (Wildman–Crippen MR) is 79.1 cm³/mol. The van der Waals surface area contributed by atoms with Crippen LogP contribution in [0.2, 0.25) is 0 Å². The fraction of sp³-hybridized carbons (Fsp3) is 0.0769. The van der Waals surface area contributed by atoms with Crippen LogP contribution in [0.3, 0.4) is 0 Å². The second kappa shape index (κ2) is 4.58. The molecule has 104 valence electrons. The number of phenolic OH excluding ortho intramolecular Hbond substituents is 1. The van der Waals surface area contributed by atoms with Gasteiger partial charge >= 0.3 is 0 Å². The first-order chi connectivity index (χ1) is 9.32. The van der Waals surface area contributed by atoms with E-state index in [-0.39, 0.29) is 26.6 Å². The predicted octanol–water partition coefficient (Wildman–Crippen LogP) is 4.25. The second-order valence-corrected chi connectivity index (χ2v) is 5.96. The summed E-state index contributed by atoms with van der Waals surface area (Å²) in [6, 6.07) is 4.58. The number of allylic oxidation sites excluding steroid dienone is 1. The van der Waals surface area contributed by atoms with Crippen molar-refractivity contribution in [3.05, 3.63) is 50.2 Å². The molecule has 0 spiro atoms. The molecule has 0 saturated carbocycles. The number of ether oxygens (including phenoxy) is 1. The minimum absolute atomic E-state index is 0.0361. The first-order valence-electron chi connectivity index (χ1n) is 5.43. The number of rotatable bonds is 0. The lowest BCUT2D eigenvalue weighted by Crippen LogP contribution is -2.29. The number of halogens is 4. The lowest BCUT2D eigenvalue weighted by atomic mass is 9.98. The zero-order valence-electron chi connectivity index (χ0n) is 9.62. The highest BCUT2D eigenvalue weighted by molar-refractivity contribution is 6.51. The molecule has 0 amide bonds. The van der Waals surface area contributed by atoms with Crippen LogP contribution in [0.5, 0.6) is 11.5 Å². The van der Waals surface area contributed by atoms with Crippen LogP contribution >= 0.6 is 46.4 Å². The van der Waals surface area contributed by atoms with Gasteiger partial charge in [0.2, 0.25) is 5.06 Å². The largest absolute Gasteiger partial charge is 0.508 e. The summed E-state index contributed by atoms with van der Waals surface area (Å²) in [6.07, 6.45) is 1.69. The summed E-state index contributed by atoms with van der Waals surface area (Å²) in [6.45, 7) is 0. The number of alkyl halides is 1. The van der Waals surface area contributed by atoms with E-state index in [1.165, 1.54) is 12.1 Å². The summed E-state index contributed by atoms with van der Waals surface area (Å²) >= 11 is 24.0. The number of phenols is 1. The van der Waals surface area contributed by atoms with Gasteiger partial charge in [-0.15, -0.1) is 0 Å². The molecule has 0 radical (unpaired) electrons. The first kappa shape index (κ1) is 14.1. The average molecular weight is 352 g/mol. The van der Waals surface area contributed by atoms with Crippen molar-refractivity contribution in [1.29, 1.82) is 0 Å². The monoisotopic (exact) mass is 350 g/mol. The van der Waals surface area contributed by atoms with Gasteiger partial charge in [0, 0.05) is 17.2 Å². The topological polar surface area (TPSA) is 49.7 Å². The number of aliphatic hydroxyl groups is 1. The van der Waals surface area contributed by atoms with Gasteiger partial charge in [0.25, 0.3) is 0 Å². The SMILES string of the molecule is Oc1ccc2c(c1)OC1=C(Cl)C(O)(Cl)C(Cl)=C(Cl)C1=C2. The van der Waals surface area contributed by atoms with E-state index in [0.717, 1.165) is 0 Å². The molecule has 1 unspecified atom stereocenters. The van der Waals surface area contributed by atoms with E-state index in [1.54, 1.807) is 12.1 Å². The van der Waals surface area contributed by atoms with E-state index in [9.17, 15) is 10.2 Å². The van der Waals surface area contributed by atoms with E-state index in [1.807, 2.05) is 0 Å². The van der Waals surface area contributed by atoms with Crippen LogP contribution in [0.1, 0.15) is 5.56 Å². The number of fused-ring (bicyclic) bond motifs is 2. The third-order valence-corrected chi connectivity index (χ3v) is 4.93. The van der Waals surface area contributed by atoms with E-state index in [0.29, 0.717) is 16.9 Å². The maximum absolute atomic E-state index is 10.1. The minimum Gasteiger partial charge on any atom is -0.508 e. The Morgan fingerprint density at radius 3 is 2.50 bits per heavy atom. The molecule has 1 aromatic carbocycles. The quantitative estimate of drug-likeness (QED) is 0.687. The van der Waals surface area contributed by atoms with Gasteiger partial charge in [-0.2, -0.15) is 0 Å². The van der Waals surface area contributed by atoms with Gasteiger partial charge in [-0.05, 0) is 18.2 Å². The molecule has 3 rings (SSSR count). The van der Waals surface area contributed by atoms with Crippen molar-refractivity contribution in [2.24, 2.45) is 0 Å². The summed E-state index contributed by atoms with van der Waals surface area (Å²) in [4.78, 5) is 0. The standard InChI is InChI=1S/C13H6Cl4O3/c14-9-7-3-5-1-2-6(18)4-8(5)20-10(7)12(16)13(17,19)11(9)15/h1-4,18-19H. The van der Waals surface area contributed by atoms with Crippen molar-refractivity contribution in [1.82, 2.24) is 0 Å². The summed E-state index contributed by atoms with van der Waals surface area (Å²) in [5, 5.41) is 17.1. The van der Waals surface area contributed by atoms with Gasteiger partial charge in [0.05, 0.1) is 10.1 Å². The molecule has 2 N–H and O–H groups in total. The molecule has 1 aliphatic heterocycles. The smallest absolute Gasteiger partial charge is 0.217 e. The average Bonchev–Trinajstić information content (AvgIpc) is 2.42. The van der Waals surface area contributed by atoms with Gasteiger partial charge in [-0.25, -0.2) is 0 Å². The van der Waals surface area contributed by atoms with Crippen LogP contribution in [0.25, 0.3) is 6.08 Å². The molecule has 20 heavy (non-hydrogen) atoms. The van der Waals surface area contributed by atoms with Crippen LogP contribution in [0.4, 0.5) is 0 Å². The Bertz CT molecular complexity index is 716. The van der Waals surface area contributed by atoms with E-state index >= 15 is 0 Å². The molecule has 3 nitrogen and oxygen atoms in total. The number of hydrogen-bond donors (Lipinski definition) is 2. The molecule has 1 heterocycles. The Labute approximate surface area is 134 Å². The van der Waals surface area contributed by atoms with Gasteiger partial charge in [0.15, 0.2) is 5.76 Å². The Morgan fingerprint density at radius 1 is 1.10 bits per heavy atom. The van der Waals surface area contributed by atoms with E-state index in [4.69, 9.17) is 51.1 Å². The highest BCUT2D eigenvalue weighted by atomic mass is 35.5. The van der Waals surface area contributed by atoms with Crippen molar-refractivity contribution in [3.8, 4) is 11.5 Å². The second-order valence-electron chi connectivity index (χ2n) is 4.28. The van der Waals surface area contributed by atoms with Crippen molar-refractivity contribution < 1.29 is 14.9 Å². The van der Waals surface area contributed by atoms with Crippen molar-refractivity contribution in [3.63, 3.8) is 0 Å².